The third kappa shape index (κ3) is 4.65. The van der Waals surface area contributed by atoms with Crippen LogP contribution in [-0.2, 0) is 4.79 Å². The predicted molar refractivity (Wildman–Crippen MR) is 100.0 cm³/mol. The molecule has 1 heterocycles. The van der Waals surface area contributed by atoms with E-state index in [0.717, 1.165) is 10.6 Å². The average molecular weight is 372 g/mol. The topological polar surface area (TPSA) is 71.1 Å². The maximum atomic E-state index is 12.0. The smallest absolute Gasteiger partial charge is 0.251 e. The highest BCUT2D eigenvalue weighted by Crippen LogP contribution is 2.23. The van der Waals surface area contributed by atoms with E-state index in [1.165, 1.54) is 0 Å². The molecule has 3 aromatic rings. The first-order valence-electron chi connectivity index (χ1n) is 7.45. The van der Waals surface area contributed by atoms with Crippen molar-refractivity contribution < 1.29 is 9.59 Å². The molecule has 0 atom stereocenters. The Bertz CT molecular complexity index is 880. The number of benzene rings is 2. The van der Waals surface area contributed by atoms with E-state index in [1.54, 1.807) is 53.9 Å². The van der Waals surface area contributed by atoms with Crippen LogP contribution in [0.3, 0.4) is 0 Å². The summed E-state index contributed by atoms with van der Waals surface area (Å²) < 4.78 is 0. The molecule has 0 bridgehead atoms. The van der Waals surface area contributed by atoms with Crippen molar-refractivity contribution in [2.45, 2.75) is 0 Å². The van der Waals surface area contributed by atoms with Crippen LogP contribution in [0.25, 0.3) is 10.6 Å². The number of aromatic nitrogens is 1. The number of anilines is 1. The van der Waals surface area contributed by atoms with Crippen molar-refractivity contribution in [3.05, 3.63) is 70.7 Å². The highest BCUT2D eigenvalue weighted by atomic mass is 35.5. The quantitative estimate of drug-likeness (QED) is 0.716. The maximum absolute atomic E-state index is 12.0. The van der Waals surface area contributed by atoms with E-state index in [9.17, 15) is 9.59 Å². The minimum Gasteiger partial charge on any atom is -0.343 e. The summed E-state index contributed by atoms with van der Waals surface area (Å²) in [5.41, 5.74) is 2.05. The molecule has 0 aliphatic rings. The first-order chi connectivity index (χ1) is 12.1. The standard InChI is InChI=1S/C18H14ClN3O2S/c19-14-3-1-2-13(10-14)17(24)21-11-16(23)22-15-6-4-12(5-7-15)18-20-8-9-25-18/h1-10H,11H2,(H,21,24)(H,22,23). The van der Waals surface area contributed by atoms with E-state index in [1.807, 2.05) is 17.5 Å². The number of halogens is 1. The highest BCUT2D eigenvalue weighted by Gasteiger charge is 2.09. The Morgan fingerprint density at radius 3 is 2.60 bits per heavy atom. The summed E-state index contributed by atoms with van der Waals surface area (Å²) in [5, 5.41) is 8.60. The van der Waals surface area contributed by atoms with Crippen LogP contribution in [0.1, 0.15) is 10.4 Å². The Morgan fingerprint density at radius 1 is 1.12 bits per heavy atom. The van der Waals surface area contributed by atoms with Crippen LogP contribution in [0, 0.1) is 0 Å². The lowest BCUT2D eigenvalue weighted by Crippen LogP contribution is -2.32. The third-order valence-corrected chi connectivity index (χ3v) is 4.40. The fraction of sp³-hybridized carbons (Fsp3) is 0.0556. The number of nitrogens with zero attached hydrogens (tertiary/aromatic N) is 1. The van der Waals surface area contributed by atoms with Crippen LogP contribution in [0.15, 0.2) is 60.1 Å². The number of thiazole rings is 1. The highest BCUT2D eigenvalue weighted by molar-refractivity contribution is 7.13. The van der Waals surface area contributed by atoms with Crippen LogP contribution in [0.5, 0.6) is 0 Å². The molecule has 5 nitrogen and oxygen atoms in total. The van der Waals surface area contributed by atoms with Crippen LogP contribution < -0.4 is 10.6 Å². The van der Waals surface area contributed by atoms with Gasteiger partial charge in [-0.05, 0) is 42.5 Å². The van der Waals surface area contributed by atoms with Gasteiger partial charge in [-0.25, -0.2) is 4.98 Å². The fourth-order valence-electron chi connectivity index (χ4n) is 2.16. The second kappa shape index (κ2) is 7.92. The average Bonchev–Trinajstić information content (AvgIpc) is 3.15. The molecule has 0 unspecified atom stereocenters. The van der Waals surface area contributed by atoms with Crippen LogP contribution in [0.4, 0.5) is 5.69 Å². The third-order valence-electron chi connectivity index (χ3n) is 3.34. The molecule has 2 aromatic carbocycles. The van der Waals surface area contributed by atoms with E-state index >= 15 is 0 Å². The molecular formula is C18H14ClN3O2S. The van der Waals surface area contributed by atoms with Gasteiger partial charge in [0.1, 0.15) is 5.01 Å². The van der Waals surface area contributed by atoms with Crippen LogP contribution in [-0.4, -0.2) is 23.3 Å². The van der Waals surface area contributed by atoms with Crippen molar-refractivity contribution in [1.29, 1.82) is 0 Å². The Balaban J connectivity index is 1.53. The van der Waals surface area contributed by atoms with Gasteiger partial charge in [0.25, 0.3) is 5.91 Å². The van der Waals surface area contributed by atoms with Gasteiger partial charge in [-0.3, -0.25) is 9.59 Å². The van der Waals surface area contributed by atoms with E-state index in [2.05, 4.69) is 15.6 Å². The summed E-state index contributed by atoms with van der Waals surface area (Å²) in [6, 6.07) is 13.9. The maximum Gasteiger partial charge on any atom is 0.251 e. The minimum atomic E-state index is -0.350. The molecule has 0 fully saturated rings. The molecule has 0 aliphatic heterocycles. The Morgan fingerprint density at radius 2 is 1.92 bits per heavy atom. The fourth-order valence-corrected chi connectivity index (χ4v) is 2.99. The Labute approximate surface area is 153 Å². The summed E-state index contributed by atoms with van der Waals surface area (Å²) in [6.45, 7) is -0.125. The van der Waals surface area contributed by atoms with E-state index in [0.29, 0.717) is 16.3 Å². The second-order valence-corrected chi connectivity index (χ2v) is 6.49. The molecule has 0 saturated heterocycles. The number of nitrogens with one attached hydrogen (secondary N) is 2. The van der Waals surface area contributed by atoms with E-state index < -0.39 is 0 Å². The van der Waals surface area contributed by atoms with Gasteiger partial charge in [-0.1, -0.05) is 17.7 Å². The van der Waals surface area contributed by atoms with Gasteiger partial charge in [0.2, 0.25) is 5.91 Å². The zero-order chi connectivity index (χ0) is 17.6. The first-order valence-corrected chi connectivity index (χ1v) is 8.71. The summed E-state index contributed by atoms with van der Waals surface area (Å²) in [6.07, 6.45) is 1.75. The predicted octanol–water partition coefficient (Wildman–Crippen LogP) is 3.83. The van der Waals surface area contributed by atoms with E-state index in [-0.39, 0.29) is 18.4 Å². The summed E-state index contributed by atoms with van der Waals surface area (Å²) in [5.74, 6) is -0.658. The molecule has 0 spiro atoms. The number of rotatable bonds is 5. The van der Waals surface area contributed by atoms with Crippen molar-refractivity contribution in [3.63, 3.8) is 0 Å². The largest absolute Gasteiger partial charge is 0.343 e. The number of carbonyl (C=O) groups is 2. The Hall–Kier alpha value is -2.70. The molecule has 126 valence electrons. The lowest BCUT2D eigenvalue weighted by atomic mass is 10.2. The lowest BCUT2D eigenvalue weighted by Gasteiger charge is -2.08. The van der Waals surface area contributed by atoms with Crippen molar-refractivity contribution in [2.75, 3.05) is 11.9 Å². The lowest BCUT2D eigenvalue weighted by molar-refractivity contribution is -0.115. The monoisotopic (exact) mass is 371 g/mol. The van der Waals surface area contributed by atoms with Crippen LogP contribution >= 0.6 is 22.9 Å². The molecule has 7 heteroatoms. The van der Waals surface area contributed by atoms with Gasteiger partial charge < -0.3 is 10.6 Å². The van der Waals surface area contributed by atoms with Crippen molar-refractivity contribution in [2.24, 2.45) is 0 Å². The van der Waals surface area contributed by atoms with Crippen molar-refractivity contribution >= 4 is 40.4 Å². The molecule has 0 radical (unpaired) electrons. The summed E-state index contributed by atoms with van der Waals surface area (Å²) in [4.78, 5) is 28.2. The summed E-state index contributed by atoms with van der Waals surface area (Å²) in [7, 11) is 0. The molecule has 0 aliphatic carbocycles. The van der Waals surface area contributed by atoms with Gasteiger partial charge in [-0.15, -0.1) is 11.3 Å². The number of carbonyl (C=O) groups excluding carboxylic acids is 2. The van der Waals surface area contributed by atoms with E-state index in [4.69, 9.17) is 11.6 Å². The normalized spacial score (nSPS) is 10.3. The van der Waals surface area contributed by atoms with Crippen molar-refractivity contribution in [3.8, 4) is 10.6 Å². The van der Waals surface area contributed by atoms with Crippen molar-refractivity contribution in [1.82, 2.24) is 10.3 Å². The molecule has 3 rings (SSSR count). The molecule has 25 heavy (non-hydrogen) atoms. The van der Waals surface area contributed by atoms with Crippen LogP contribution in [0.2, 0.25) is 5.02 Å². The Kier molecular flexibility index (Phi) is 5.42. The van der Waals surface area contributed by atoms with Gasteiger partial charge in [-0.2, -0.15) is 0 Å². The SMILES string of the molecule is O=C(CNC(=O)c1cccc(Cl)c1)Nc1ccc(-c2nccs2)cc1. The molecular weight excluding hydrogens is 358 g/mol. The summed E-state index contributed by atoms with van der Waals surface area (Å²) >= 11 is 7.40. The number of hydrogen-bond donors (Lipinski definition) is 2. The van der Waals surface area contributed by atoms with Gasteiger partial charge in [0.05, 0.1) is 6.54 Å². The number of hydrogen-bond acceptors (Lipinski definition) is 4. The second-order valence-electron chi connectivity index (χ2n) is 5.16. The first kappa shape index (κ1) is 17.1. The minimum absolute atomic E-state index is 0.125. The number of amides is 2. The molecule has 2 amide bonds. The van der Waals surface area contributed by atoms with Gasteiger partial charge >= 0.3 is 0 Å². The van der Waals surface area contributed by atoms with Gasteiger partial charge in [0.15, 0.2) is 0 Å². The zero-order valence-electron chi connectivity index (χ0n) is 13.0. The molecule has 1 aromatic heterocycles. The van der Waals surface area contributed by atoms with Gasteiger partial charge in [0, 0.05) is 33.4 Å². The zero-order valence-corrected chi connectivity index (χ0v) is 14.6. The molecule has 0 saturated carbocycles. The molecule has 2 N–H and O–H groups in total.